The summed E-state index contributed by atoms with van der Waals surface area (Å²) in [7, 11) is 1.54. The molecule has 2 aromatic rings. The van der Waals surface area contributed by atoms with E-state index in [2.05, 4.69) is 10.6 Å². The van der Waals surface area contributed by atoms with E-state index < -0.39 is 6.04 Å². The van der Waals surface area contributed by atoms with Gasteiger partial charge in [-0.25, -0.2) is 4.79 Å². The minimum atomic E-state index is -0.674. The molecule has 188 valence electrons. The Labute approximate surface area is 211 Å². The maximum Gasteiger partial charge on any atom is 0.321 e. The number of anilines is 1. The monoisotopic (exact) mass is 500 g/mol. The molecule has 1 unspecified atom stereocenters. The molecule has 0 bridgehead atoms. The van der Waals surface area contributed by atoms with Crippen LogP contribution >= 0.6 is 11.6 Å². The second-order valence-corrected chi connectivity index (χ2v) is 8.90. The lowest BCUT2D eigenvalue weighted by Gasteiger charge is -2.37. The number of benzene rings is 2. The molecule has 0 aliphatic carbocycles. The molecule has 0 radical (unpaired) electrons. The Bertz CT molecular complexity index is 1040. The molecule has 1 saturated heterocycles. The standard InChI is InChI=1S/C26H33ClN4O4/c1-4-30(5-2)25(33)23(29-24(32)19-8-6-11-22(16-19)35-3)18-12-14-31(15-13-18)26(34)28-21-10-7-9-20(27)17-21/h6-11,16-18,23H,4-5,12-15H2,1-3H3,(H,28,34)(H,29,32). The first kappa shape index (κ1) is 26.3. The Morgan fingerprint density at radius 1 is 1.09 bits per heavy atom. The first-order valence-corrected chi connectivity index (χ1v) is 12.3. The van der Waals surface area contributed by atoms with Crippen LogP contribution in [0.5, 0.6) is 5.75 Å². The summed E-state index contributed by atoms with van der Waals surface area (Å²) in [6, 6.07) is 13.0. The number of likely N-dealkylation sites (tertiary alicyclic amines) is 1. The predicted octanol–water partition coefficient (Wildman–Crippen LogP) is 4.26. The van der Waals surface area contributed by atoms with Crippen molar-refractivity contribution in [2.75, 3.05) is 38.6 Å². The highest BCUT2D eigenvalue weighted by Crippen LogP contribution is 2.24. The Morgan fingerprint density at radius 3 is 2.40 bits per heavy atom. The normalized spacial score (nSPS) is 14.7. The summed E-state index contributed by atoms with van der Waals surface area (Å²) in [6.45, 7) is 5.92. The number of rotatable bonds is 8. The van der Waals surface area contributed by atoms with Crippen molar-refractivity contribution in [3.8, 4) is 5.75 Å². The van der Waals surface area contributed by atoms with Gasteiger partial charge >= 0.3 is 6.03 Å². The predicted molar refractivity (Wildman–Crippen MR) is 137 cm³/mol. The fraction of sp³-hybridized carbons (Fsp3) is 0.423. The minimum absolute atomic E-state index is 0.0899. The van der Waals surface area contributed by atoms with Crippen LogP contribution < -0.4 is 15.4 Å². The lowest BCUT2D eigenvalue weighted by Crippen LogP contribution is -2.55. The van der Waals surface area contributed by atoms with Crippen molar-refractivity contribution >= 4 is 35.1 Å². The number of hydrogen-bond donors (Lipinski definition) is 2. The van der Waals surface area contributed by atoms with Gasteiger partial charge in [0.2, 0.25) is 5.91 Å². The van der Waals surface area contributed by atoms with Gasteiger partial charge < -0.3 is 25.2 Å². The third-order valence-electron chi connectivity index (χ3n) is 6.33. The fourth-order valence-electron chi connectivity index (χ4n) is 4.31. The molecule has 0 saturated carbocycles. The molecule has 1 fully saturated rings. The third-order valence-corrected chi connectivity index (χ3v) is 6.57. The average Bonchev–Trinajstić information content (AvgIpc) is 2.88. The zero-order chi connectivity index (χ0) is 25.4. The molecule has 1 heterocycles. The van der Waals surface area contributed by atoms with Gasteiger partial charge in [-0.1, -0.05) is 23.7 Å². The summed E-state index contributed by atoms with van der Waals surface area (Å²) in [5.74, 6) is 0.0554. The van der Waals surface area contributed by atoms with E-state index in [4.69, 9.17) is 16.3 Å². The Morgan fingerprint density at radius 2 is 1.77 bits per heavy atom. The van der Waals surface area contributed by atoms with Gasteiger partial charge in [-0.2, -0.15) is 0 Å². The molecule has 2 aromatic carbocycles. The number of methoxy groups -OCH3 is 1. The maximum atomic E-state index is 13.4. The first-order valence-electron chi connectivity index (χ1n) is 11.9. The van der Waals surface area contributed by atoms with Gasteiger partial charge in [0, 0.05) is 42.5 Å². The number of carbonyl (C=O) groups is 3. The highest BCUT2D eigenvalue weighted by atomic mass is 35.5. The van der Waals surface area contributed by atoms with E-state index in [0.29, 0.717) is 61.0 Å². The van der Waals surface area contributed by atoms with E-state index in [9.17, 15) is 14.4 Å². The van der Waals surface area contributed by atoms with E-state index in [-0.39, 0.29) is 23.8 Å². The van der Waals surface area contributed by atoms with Crippen LogP contribution in [0.4, 0.5) is 10.5 Å². The van der Waals surface area contributed by atoms with Gasteiger partial charge in [-0.3, -0.25) is 9.59 Å². The number of amides is 4. The number of piperidine rings is 1. The largest absolute Gasteiger partial charge is 0.497 e. The van der Waals surface area contributed by atoms with Crippen molar-refractivity contribution in [3.05, 3.63) is 59.1 Å². The topological polar surface area (TPSA) is 91.0 Å². The molecule has 1 aliphatic rings. The summed E-state index contributed by atoms with van der Waals surface area (Å²) in [5.41, 5.74) is 1.06. The molecule has 8 nitrogen and oxygen atoms in total. The summed E-state index contributed by atoms with van der Waals surface area (Å²) in [5, 5.41) is 6.39. The lowest BCUT2D eigenvalue weighted by molar-refractivity contribution is -0.134. The van der Waals surface area contributed by atoms with Crippen molar-refractivity contribution in [1.82, 2.24) is 15.1 Å². The van der Waals surface area contributed by atoms with Gasteiger partial charge in [-0.15, -0.1) is 0 Å². The summed E-state index contributed by atoms with van der Waals surface area (Å²) < 4.78 is 5.22. The molecule has 3 rings (SSSR count). The smallest absolute Gasteiger partial charge is 0.321 e. The van der Waals surface area contributed by atoms with Gasteiger partial charge in [0.05, 0.1) is 7.11 Å². The molecule has 35 heavy (non-hydrogen) atoms. The highest BCUT2D eigenvalue weighted by molar-refractivity contribution is 6.30. The Balaban J connectivity index is 1.69. The third kappa shape index (κ3) is 6.88. The molecule has 1 aliphatic heterocycles. The van der Waals surface area contributed by atoms with Gasteiger partial charge in [0.15, 0.2) is 0 Å². The second kappa shape index (κ2) is 12.4. The van der Waals surface area contributed by atoms with Crippen LogP contribution in [0.2, 0.25) is 5.02 Å². The zero-order valence-electron chi connectivity index (χ0n) is 20.4. The molecular weight excluding hydrogens is 468 g/mol. The summed E-state index contributed by atoms with van der Waals surface area (Å²) in [4.78, 5) is 42.6. The molecule has 4 amide bonds. The number of hydrogen-bond acceptors (Lipinski definition) is 4. The van der Waals surface area contributed by atoms with Crippen molar-refractivity contribution in [3.63, 3.8) is 0 Å². The summed E-state index contributed by atoms with van der Waals surface area (Å²) in [6.07, 6.45) is 1.19. The Kier molecular flexibility index (Phi) is 9.37. The van der Waals surface area contributed by atoms with Crippen LogP contribution in [0.3, 0.4) is 0 Å². The van der Waals surface area contributed by atoms with Gasteiger partial charge in [-0.05, 0) is 69.0 Å². The highest BCUT2D eigenvalue weighted by Gasteiger charge is 2.35. The SMILES string of the molecule is CCN(CC)C(=O)C(NC(=O)c1cccc(OC)c1)C1CCN(C(=O)Nc2cccc(Cl)c2)CC1. The van der Waals surface area contributed by atoms with Crippen molar-refractivity contribution in [1.29, 1.82) is 0 Å². The van der Waals surface area contributed by atoms with E-state index >= 15 is 0 Å². The van der Waals surface area contributed by atoms with E-state index in [1.165, 1.54) is 0 Å². The van der Waals surface area contributed by atoms with Gasteiger partial charge in [0.25, 0.3) is 5.91 Å². The molecule has 0 spiro atoms. The molecular formula is C26H33ClN4O4. The zero-order valence-corrected chi connectivity index (χ0v) is 21.2. The second-order valence-electron chi connectivity index (χ2n) is 8.46. The van der Waals surface area contributed by atoms with Crippen molar-refractivity contribution < 1.29 is 19.1 Å². The number of urea groups is 1. The van der Waals surface area contributed by atoms with Crippen LogP contribution in [-0.4, -0.2) is 67.0 Å². The minimum Gasteiger partial charge on any atom is -0.497 e. The number of carbonyl (C=O) groups excluding carboxylic acids is 3. The fourth-order valence-corrected chi connectivity index (χ4v) is 4.50. The van der Waals surface area contributed by atoms with Crippen LogP contribution in [0, 0.1) is 5.92 Å². The number of halogens is 1. The number of ether oxygens (including phenoxy) is 1. The van der Waals surface area contributed by atoms with Crippen molar-refractivity contribution in [2.45, 2.75) is 32.7 Å². The molecule has 2 N–H and O–H groups in total. The average molecular weight is 501 g/mol. The maximum absolute atomic E-state index is 13.4. The number of nitrogens with zero attached hydrogens (tertiary/aromatic N) is 2. The molecule has 0 aromatic heterocycles. The van der Waals surface area contributed by atoms with Crippen molar-refractivity contribution in [2.24, 2.45) is 5.92 Å². The summed E-state index contributed by atoms with van der Waals surface area (Å²) >= 11 is 6.01. The van der Waals surface area contributed by atoms with E-state index in [0.717, 1.165) is 0 Å². The number of likely N-dealkylation sites (N-methyl/N-ethyl adjacent to an activating group) is 1. The van der Waals surface area contributed by atoms with Crippen LogP contribution in [0.25, 0.3) is 0 Å². The first-order chi connectivity index (χ1) is 16.9. The van der Waals surface area contributed by atoms with Crippen LogP contribution in [0.1, 0.15) is 37.0 Å². The van der Waals surface area contributed by atoms with E-state index in [1.807, 2.05) is 13.8 Å². The Hall–Kier alpha value is -3.26. The van der Waals surface area contributed by atoms with Gasteiger partial charge in [0.1, 0.15) is 11.8 Å². The molecule has 1 atom stereocenters. The van der Waals surface area contributed by atoms with Crippen LogP contribution in [-0.2, 0) is 4.79 Å². The van der Waals surface area contributed by atoms with Crippen LogP contribution in [0.15, 0.2) is 48.5 Å². The number of nitrogens with one attached hydrogen (secondary N) is 2. The van der Waals surface area contributed by atoms with E-state index in [1.54, 1.807) is 65.4 Å². The lowest BCUT2D eigenvalue weighted by atomic mass is 9.88. The quantitative estimate of drug-likeness (QED) is 0.566. The molecule has 9 heteroatoms.